The molecular formula is C27H34N4O3. The summed E-state index contributed by atoms with van der Waals surface area (Å²) in [6.07, 6.45) is 4.70. The minimum Gasteiger partial charge on any atom is -0.496 e. The van der Waals surface area contributed by atoms with Crippen molar-refractivity contribution in [2.75, 3.05) is 47.4 Å². The molecule has 3 aromatic rings. The van der Waals surface area contributed by atoms with Gasteiger partial charge in [0.15, 0.2) is 0 Å². The van der Waals surface area contributed by atoms with Gasteiger partial charge in [0.05, 0.1) is 18.2 Å². The maximum Gasteiger partial charge on any atom is 0.257 e. The second-order valence-electron chi connectivity index (χ2n) is 9.28. The number of H-pyrrole nitrogens is 1. The highest BCUT2D eigenvalue weighted by Gasteiger charge is 2.27. The molecule has 34 heavy (non-hydrogen) atoms. The highest BCUT2D eigenvalue weighted by atomic mass is 16.5. The van der Waals surface area contributed by atoms with E-state index < -0.39 is 0 Å². The summed E-state index contributed by atoms with van der Waals surface area (Å²) in [4.78, 5) is 33.3. The second-order valence-corrected chi connectivity index (χ2v) is 9.28. The lowest BCUT2D eigenvalue weighted by Crippen LogP contribution is -2.39. The largest absolute Gasteiger partial charge is 0.496 e. The van der Waals surface area contributed by atoms with Crippen molar-refractivity contribution in [1.29, 1.82) is 0 Å². The lowest BCUT2D eigenvalue weighted by Gasteiger charge is -2.32. The first-order valence-corrected chi connectivity index (χ1v) is 11.9. The number of fused-ring (bicyclic) bond motifs is 1. The van der Waals surface area contributed by atoms with Crippen LogP contribution in [-0.4, -0.2) is 74.0 Å². The van der Waals surface area contributed by atoms with Crippen LogP contribution in [-0.2, 0) is 6.42 Å². The van der Waals surface area contributed by atoms with Crippen LogP contribution in [0.4, 0.5) is 0 Å². The number of amides is 2. The van der Waals surface area contributed by atoms with Crippen LogP contribution >= 0.6 is 0 Å². The molecule has 1 aromatic heterocycles. The molecule has 0 spiro atoms. The Bertz CT molecular complexity index is 1130. The van der Waals surface area contributed by atoms with Gasteiger partial charge in [-0.2, -0.15) is 0 Å². The Morgan fingerprint density at radius 1 is 1.12 bits per heavy atom. The average Bonchev–Trinajstić information content (AvgIpc) is 3.26. The van der Waals surface area contributed by atoms with Gasteiger partial charge < -0.3 is 24.8 Å². The fourth-order valence-corrected chi connectivity index (χ4v) is 4.62. The summed E-state index contributed by atoms with van der Waals surface area (Å²) in [6, 6.07) is 14.1. The Balaban J connectivity index is 1.48. The summed E-state index contributed by atoms with van der Waals surface area (Å²) < 4.78 is 5.55. The van der Waals surface area contributed by atoms with Crippen LogP contribution in [0.2, 0.25) is 0 Å². The third-order valence-electron chi connectivity index (χ3n) is 6.59. The number of likely N-dealkylation sites (tertiary alicyclic amines) is 1. The van der Waals surface area contributed by atoms with Crippen molar-refractivity contribution in [3.8, 4) is 5.75 Å². The quantitative estimate of drug-likeness (QED) is 0.537. The van der Waals surface area contributed by atoms with Gasteiger partial charge in [-0.1, -0.05) is 30.3 Å². The van der Waals surface area contributed by atoms with E-state index in [1.807, 2.05) is 30.0 Å². The van der Waals surface area contributed by atoms with Gasteiger partial charge in [0.1, 0.15) is 5.75 Å². The summed E-state index contributed by atoms with van der Waals surface area (Å²) in [7, 11) is 5.50. The zero-order chi connectivity index (χ0) is 24.1. The van der Waals surface area contributed by atoms with Gasteiger partial charge in [0.25, 0.3) is 11.8 Å². The Morgan fingerprint density at radius 2 is 1.85 bits per heavy atom. The lowest BCUT2D eigenvalue weighted by molar-refractivity contribution is 0.0687. The minimum atomic E-state index is -0.154. The van der Waals surface area contributed by atoms with E-state index in [1.54, 1.807) is 25.4 Å². The number of methoxy groups -OCH3 is 1. The van der Waals surface area contributed by atoms with Gasteiger partial charge in [0.2, 0.25) is 0 Å². The monoisotopic (exact) mass is 462 g/mol. The fraction of sp³-hybridized carbons (Fsp3) is 0.407. The van der Waals surface area contributed by atoms with Gasteiger partial charge in [-0.3, -0.25) is 9.59 Å². The standard InChI is InChI=1S/C27H34N4O3/c1-30(2)14-11-28-26(32)23-18-29-24-17-25(34-3)22(16-21(23)24)27(33)31-12-9-20(10-13-31)15-19-7-5-4-6-8-19/h4-8,16-18,20,29H,9-15H2,1-3H3,(H,28,32). The number of nitrogens with zero attached hydrogens (tertiary/aromatic N) is 2. The maximum absolute atomic E-state index is 13.5. The molecule has 2 amide bonds. The zero-order valence-corrected chi connectivity index (χ0v) is 20.3. The van der Waals surface area contributed by atoms with Gasteiger partial charge in [-0.25, -0.2) is 0 Å². The van der Waals surface area contributed by atoms with Crippen molar-refractivity contribution in [3.63, 3.8) is 0 Å². The number of nitrogens with one attached hydrogen (secondary N) is 2. The number of likely N-dealkylation sites (N-methyl/N-ethyl adjacent to an activating group) is 1. The first-order valence-electron chi connectivity index (χ1n) is 11.9. The molecule has 4 rings (SSSR count). The summed E-state index contributed by atoms with van der Waals surface area (Å²) in [5, 5.41) is 3.67. The molecule has 0 radical (unpaired) electrons. The van der Waals surface area contributed by atoms with Crippen LogP contribution in [0.15, 0.2) is 48.7 Å². The van der Waals surface area contributed by atoms with Crippen LogP contribution in [0.25, 0.3) is 10.9 Å². The number of carbonyl (C=O) groups is 2. The van der Waals surface area contributed by atoms with Crippen LogP contribution in [0.1, 0.15) is 39.1 Å². The first kappa shape index (κ1) is 23.8. The lowest BCUT2D eigenvalue weighted by atomic mass is 9.90. The molecule has 180 valence electrons. The van der Waals surface area contributed by atoms with Crippen molar-refractivity contribution in [2.24, 2.45) is 5.92 Å². The Labute approximate surface area is 201 Å². The van der Waals surface area contributed by atoms with E-state index >= 15 is 0 Å². The van der Waals surface area contributed by atoms with Gasteiger partial charge in [-0.15, -0.1) is 0 Å². The summed E-state index contributed by atoms with van der Waals surface area (Å²) in [6.45, 7) is 2.76. The number of piperidine rings is 1. The van der Waals surface area contributed by atoms with E-state index in [2.05, 4.69) is 34.6 Å². The summed E-state index contributed by atoms with van der Waals surface area (Å²) in [5.41, 5.74) is 3.15. The fourth-order valence-electron chi connectivity index (χ4n) is 4.62. The van der Waals surface area contributed by atoms with E-state index in [-0.39, 0.29) is 11.8 Å². The molecule has 1 fully saturated rings. The number of ether oxygens (including phenoxy) is 1. The van der Waals surface area contributed by atoms with Crippen molar-refractivity contribution < 1.29 is 14.3 Å². The first-order chi connectivity index (χ1) is 16.5. The second kappa shape index (κ2) is 10.7. The van der Waals surface area contributed by atoms with Crippen molar-refractivity contribution in [3.05, 3.63) is 65.4 Å². The van der Waals surface area contributed by atoms with Crippen LogP contribution in [0.5, 0.6) is 5.75 Å². The van der Waals surface area contributed by atoms with E-state index in [0.29, 0.717) is 29.3 Å². The van der Waals surface area contributed by atoms with Crippen molar-refractivity contribution in [1.82, 2.24) is 20.1 Å². The molecule has 2 heterocycles. The molecule has 7 nitrogen and oxygen atoms in total. The van der Waals surface area contributed by atoms with Gasteiger partial charge in [-0.05, 0) is 50.9 Å². The highest BCUT2D eigenvalue weighted by molar-refractivity contribution is 6.10. The third kappa shape index (κ3) is 5.42. The molecule has 0 aliphatic carbocycles. The maximum atomic E-state index is 13.5. The van der Waals surface area contributed by atoms with Gasteiger partial charge >= 0.3 is 0 Å². The van der Waals surface area contributed by atoms with Crippen molar-refractivity contribution in [2.45, 2.75) is 19.3 Å². The summed E-state index contributed by atoms with van der Waals surface area (Å²) >= 11 is 0. The van der Waals surface area contributed by atoms with E-state index in [0.717, 1.165) is 49.8 Å². The number of benzene rings is 2. The smallest absolute Gasteiger partial charge is 0.257 e. The molecule has 1 aliphatic rings. The number of aromatic nitrogens is 1. The molecular weight excluding hydrogens is 428 g/mol. The van der Waals surface area contributed by atoms with E-state index in [4.69, 9.17) is 4.74 Å². The SMILES string of the molecule is COc1cc2[nH]cc(C(=O)NCCN(C)C)c2cc1C(=O)N1CCC(Cc2ccccc2)CC1. The molecule has 7 heteroatoms. The van der Waals surface area contributed by atoms with Crippen LogP contribution in [0, 0.1) is 5.92 Å². The summed E-state index contributed by atoms with van der Waals surface area (Å²) in [5.74, 6) is 0.902. The number of aromatic amines is 1. The zero-order valence-electron chi connectivity index (χ0n) is 20.3. The van der Waals surface area contributed by atoms with E-state index in [1.165, 1.54) is 5.56 Å². The molecule has 0 atom stereocenters. The highest BCUT2D eigenvalue weighted by Crippen LogP contribution is 2.30. The van der Waals surface area contributed by atoms with Crippen LogP contribution < -0.4 is 10.1 Å². The minimum absolute atomic E-state index is 0.0444. The molecule has 2 N–H and O–H groups in total. The van der Waals surface area contributed by atoms with Crippen LogP contribution in [0.3, 0.4) is 0 Å². The molecule has 1 aliphatic heterocycles. The molecule has 2 aromatic carbocycles. The number of rotatable bonds is 8. The molecule has 1 saturated heterocycles. The Morgan fingerprint density at radius 3 is 2.53 bits per heavy atom. The number of hydrogen-bond donors (Lipinski definition) is 2. The van der Waals surface area contributed by atoms with Crippen molar-refractivity contribution >= 4 is 22.7 Å². The Hall–Kier alpha value is -3.32. The molecule has 0 unspecified atom stereocenters. The van der Waals surface area contributed by atoms with E-state index in [9.17, 15) is 9.59 Å². The average molecular weight is 463 g/mol. The molecule has 0 saturated carbocycles. The number of carbonyl (C=O) groups excluding carboxylic acids is 2. The predicted octanol–water partition coefficient (Wildman–Crippen LogP) is 3.56. The Kier molecular flexibility index (Phi) is 7.53. The topological polar surface area (TPSA) is 77.7 Å². The van der Waals surface area contributed by atoms with Gasteiger partial charge in [0, 0.05) is 49.3 Å². The molecule has 0 bridgehead atoms. The number of hydrogen-bond acceptors (Lipinski definition) is 4. The third-order valence-corrected chi connectivity index (χ3v) is 6.59. The predicted molar refractivity (Wildman–Crippen MR) is 135 cm³/mol. The normalized spacial score (nSPS) is 14.5.